The quantitative estimate of drug-likeness (QED) is 0.0536. The number of ether oxygens (including phenoxy) is 5. The Morgan fingerprint density at radius 1 is 0.841 bits per heavy atom. The van der Waals surface area contributed by atoms with Gasteiger partial charge in [0.05, 0.1) is 16.4 Å². The van der Waals surface area contributed by atoms with Crippen molar-refractivity contribution >= 4 is 67.6 Å². The third-order valence-corrected chi connectivity index (χ3v) is 13.9. The third-order valence-electron chi connectivity index (χ3n) is 9.74. The Morgan fingerprint density at radius 3 is 1.90 bits per heavy atom. The molecule has 63 heavy (non-hydrogen) atoms. The molecule has 0 aliphatic carbocycles. The molecular formula is C44H73BrN8O8Si2. The van der Waals surface area contributed by atoms with Crippen molar-refractivity contribution in [2.45, 2.75) is 162 Å². The van der Waals surface area contributed by atoms with Crippen molar-refractivity contribution in [1.82, 2.24) is 29.9 Å². The first-order valence-electron chi connectivity index (χ1n) is 21.9. The van der Waals surface area contributed by atoms with E-state index in [0.29, 0.717) is 49.4 Å². The number of amides is 3. The molecule has 0 spiro atoms. The molecule has 1 aliphatic heterocycles. The van der Waals surface area contributed by atoms with Gasteiger partial charge in [-0.25, -0.2) is 29.8 Å². The predicted octanol–water partition coefficient (Wildman–Crippen LogP) is 10.7. The number of fused-ring (bicyclic) bond motifs is 1. The van der Waals surface area contributed by atoms with E-state index in [0.717, 1.165) is 33.1 Å². The van der Waals surface area contributed by atoms with Crippen molar-refractivity contribution in [2.24, 2.45) is 0 Å². The van der Waals surface area contributed by atoms with Crippen LogP contribution in [0.1, 0.15) is 93.7 Å². The minimum Gasteiger partial charge on any atom is -0.444 e. The Labute approximate surface area is 385 Å². The zero-order valence-electron chi connectivity index (χ0n) is 40.6. The summed E-state index contributed by atoms with van der Waals surface area (Å²) in [7, 11) is -2.73. The number of pyridine rings is 1. The molecule has 3 amide bonds. The molecule has 352 valence electrons. The van der Waals surface area contributed by atoms with Gasteiger partial charge >= 0.3 is 18.3 Å². The molecule has 1 saturated heterocycles. The van der Waals surface area contributed by atoms with Gasteiger partial charge in [0.2, 0.25) is 0 Å². The highest BCUT2D eigenvalue weighted by Crippen LogP contribution is 2.41. The largest absolute Gasteiger partial charge is 0.444 e. The first kappa shape index (κ1) is 51.8. The van der Waals surface area contributed by atoms with Gasteiger partial charge in [0, 0.05) is 65.2 Å². The number of hydrogen-bond acceptors (Lipinski definition) is 12. The standard InChI is InChI=1S/C44H73BrN8O8Si2/c1-30-25-31(19-20-51(30)40(55)60-43(5,6)7)36-35(45)38(50(28-57-21-23-62(11,12)13)29-58-22-24-63(14,15)16)53-37(48-36)33(27-47-53)32-17-18-34(46-26-32)52(41(56)61-44(8,9)10)49-39(54)59-42(2,3)4/h17-18,26-27,30-31H,19-25,28-29H2,1-16H3,(H,49,54)/t30-,31+/m0/s1. The molecule has 1 N–H and O–H groups in total. The van der Waals surface area contributed by atoms with E-state index in [1.807, 2.05) is 27.7 Å². The van der Waals surface area contributed by atoms with Crippen LogP contribution >= 0.6 is 15.9 Å². The molecule has 0 saturated carbocycles. The molecule has 2 atom stereocenters. The number of nitrogens with one attached hydrogen (secondary N) is 1. The van der Waals surface area contributed by atoms with Crippen LogP contribution in [0.15, 0.2) is 29.0 Å². The van der Waals surface area contributed by atoms with Gasteiger partial charge in [0.15, 0.2) is 17.3 Å². The van der Waals surface area contributed by atoms with Crippen molar-refractivity contribution in [3.8, 4) is 11.1 Å². The van der Waals surface area contributed by atoms with E-state index in [1.165, 1.54) is 0 Å². The number of aromatic nitrogens is 4. The van der Waals surface area contributed by atoms with Crippen LogP contribution in [0.5, 0.6) is 0 Å². The lowest BCUT2D eigenvalue weighted by atomic mass is 9.89. The highest BCUT2D eigenvalue weighted by molar-refractivity contribution is 9.10. The van der Waals surface area contributed by atoms with Gasteiger partial charge < -0.3 is 33.5 Å². The van der Waals surface area contributed by atoms with Gasteiger partial charge in [-0.05, 0) is 122 Å². The summed E-state index contributed by atoms with van der Waals surface area (Å²) in [6.07, 6.45) is 2.65. The van der Waals surface area contributed by atoms with Gasteiger partial charge in [-0.2, -0.15) is 14.6 Å². The Balaban J connectivity index is 1.83. The second kappa shape index (κ2) is 20.6. The average Bonchev–Trinajstić information content (AvgIpc) is 3.53. The Bertz CT molecular complexity index is 2010. The molecule has 0 unspecified atom stereocenters. The second-order valence-electron chi connectivity index (χ2n) is 21.7. The summed E-state index contributed by atoms with van der Waals surface area (Å²) in [4.78, 5) is 53.4. The molecule has 0 radical (unpaired) electrons. The van der Waals surface area contributed by atoms with Crippen molar-refractivity contribution in [1.29, 1.82) is 0 Å². The number of nitrogens with zero attached hydrogens (tertiary/aromatic N) is 7. The van der Waals surface area contributed by atoms with E-state index < -0.39 is 45.1 Å². The lowest BCUT2D eigenvalue weighted by molar-refractivity contribution is 0.0101. The normalized spacial score (nSPS) is 16.5. The molecule has 1 fully saturated rings. The lowest BCUT2D eigenvalue weighted by Gasteiger charge is -2.38. The molecule has 0 aromatic carbocycles. The van der Waals surface area contributed by atoms with Gasteiger partial charge in [-0.1, -0.05) is 39.3 Å². The van der Waals surface area contributed by atoms with Gasteiger partial charge in [0.1, 0.15) is 30.3 Å². The van der Waals surface area contributed by atoms with E-state index in [1.54, 1.807) is 75.5 Å². The van der Waals surface area contributed by atoms with Crippen LogP contribution in [0.25, 0.3) is 16.8 Å². The van der Waals surface area contributed by atoms with Crippen LogP contribution in [-0.4, -0.2) is 115 Å². The molecule has 3 aromatic rings. The fraction of sp³-hybridized carbons (Fsp3) is 0.682. The fourth-order valence-corrected chi connectivity index (χ4v) is 8.92. The van der Waals surface area contributed by atoms with E-state index in [9.17, 15) is 14.4 Å². The number of carbonyl (C=O) groups is 3. The predicted molar refractivity (Wildman–Crippen MR) is 257 cm³/mol. The third kappa shape index (κ3) is 16.0. The lowest BCUT2D eigenvalue weighted by Crippen LogP contribution is -2.50. The average molecular weight is 978 g/mol. The maximum Gasteiger partial charge on any atom is 0.435 e. The zero-order chi connectivity index (χ0) is 47.3. The molecule has 19 heteroatoms. The minimum absolute atomic E-state index is 0.0242. The summed E-state index contributed by atoms with van der Waals surface area (Å²) in [6, 6.07) is 5.31. The molecule has 3 aromatic heterocycles. The monoisotopic (exact) mass is 976 g/mol. The smallest absolute Gasteiger partial charge is 0.435 e. The molecule has 0 bridgehead atoms. The van der Waals surface area contributed by atoms with Crippen LogP contribution in [0.2, 0.25) is 51.4 Å². The number of rotatable bonds is 14. The van der Waals surface area contributed by atoms with Crippen LogP contribution < -0.4 is 15.3 Å². The first-order chi connectivity index (χ1) is 28.9. The Kier molecular flexibility index (Phi) is 16.9. The summed E-state index contributed by atoms with van der Waals surface area (Å²) in [6.45, 7) is 34.3. The first-order valence-corrected chi connectivity index (χ1v) is 30.1. The highest BCUT2D eigenvalue weighted by atomic mass is 79.9. The number of anilines is 2. The summed E-state index contributed by atoms with van der Waals surface area (Å²) >= 11 is 4.01. The summed E-state index contributed by atoms with van der Waals surface area (Å²) in [5.41, 5.74) is 2.97. The second-order valence-corrected chi connectivity index (χ2v) is 33.8. The van der Waals surface area contributed by atoms with Crippen molar-refractivity contribution in [2.75, 3.05) is 43.1 Å². The number of likely N-dealkylation sites (tertiary alicyclic amines) is 1. The van der Waals surface area contributed by atoms with Crippen LogP contribution in [-0.2, 0) is 23.7 Å². The van der Waals surface area contributed by atoms with E-state index in [2.05, 4.69) is 70.5 Å². The van der Waals surface area contributed by atoms with Crippen LogP contribution in [0.3, 0.4) is 0 Å². The maximum absolute atomic E-state index is 13.4. The summed E-state index contributed by atoms with van der Waals surface area (Å²) < 4.78 is 32.2. The SMILES string of the molecule is C[C@H]1C[C@H](c2nc3c(-c4ccc(N(NC(=O)OC(C)(C)C)C(=O)OC(C)(C)C)nc4)cnn3c(N(COCC[Si](C)(C)C)COCC[Si](C)(C)C)c2Br)CCN1C(=O)OC(C)(C)C. The number of carbonyl (C=O) groups excluding carboxylic acids is 3. The highest BCUT2D eigenvalue weighted by Gasteiger charge is 2.36. The van der Waals surface area contributed by atoms with Gasteiger partial charge in [-0.15, -0.1) is 0 Å². The molecule has 1 aliphatic rings. The molecular weight excluding hydrogens is 905 g/mol. The van der Waals surface area contributed by atoms with Crippen LogP contribution in [0.4, 0.5) is 26.0 Å². The van der Waals surface area contributed by atoms with Crippen molar-refractivity contribution in [3.05, 3.63) is 34.7 Å². The summed E-state index contributed by atoms with van der Waals surface area (Å²) in [5, 5.41) is 5.84. The molecule has 16 nitrogen and oxygen atoms in total. The zero-order valence-corrected chi connectivity index (χ0v) is 44.2. The number of hydrogen-bond donors (Lipinski definition) is 1. The van der Waals surface area contributed by atoms with Crippen LogP contribution in [0, 0.1) is 0 Å². The summed E-state index contributed by atoms with van der Waals surface area (Å²) in [5.74, 6) is 0.811. The van der Waals surface area contributed by atoms with Crippen molar-refractivity contribution in [3.63, 3.8) is 0 Å². The fourth-order valence-electron chi connectivity index (χ4n) is 6.57. The number of piperidine rings is 1. The molecule has 4 heterocycles. The number of halogens is 1. The topological polar surface area (TPSA) is 162 Å². The molecule has 4 rings (SSSR count). The Morgan fingerprint density at radius 2 is 1.41 bits per heavy atom. The van der Waals surface area contributed by atoms with Gasteiger partial charge in [-0.3, -0.25) is 0 Å². The van der Waals surface area contributed by atoms with E-state index in [4.69, 9.17) is 33.8 Å². The number of hydrazine groups is 1. The minimum atomic E-state index is -1.37. The Hall–Kier alpha value is -3.79. The van der Waals surface area contributed by atoms with Gasteiger partial charge in [0.25, 0.3) is 0 Å². The van der Waals surface area contributed by atoms with E-state index in [-0.39, 0.29) is 37.3 Å². The van der Waals surface area contributed by atoms with E-state index >= 15 is 0 Å². The maximum atomic E-state index is 13.4. The van der Waals surface area contributed by atoms with Crippen molar-refractivity contribution < 1.29 is 38.1 Å².